The van der Waals surface area contributed by atoms with Gasteiger partial charge in [0.25, 0.3) is 0 Å². The minimum Gasteiger partial charge on any atom is -0.434 e. The number of para-hydroxylation sites is 1. The molecule has 0 heterocycles. The van der Waals surface area contributed by atoms with Gasteiger partial charge in [-0.1, -0.05) is 24.3 Å². The van der Waals surface area contributed by atoms with Crippen LogP contribution in [0, 0.1) is 0 Å². The van der Waals surface area contributed by atoms with E-state index in [1.807, 2.05) is 6.07 Å². The summed E-state index contributed by atoms with van der Waals surface area (Å²) in [4.78, 5) is 0.195. The number of hydrogen-bond donors (Lipinski definition) is 1. The van der Waals surface area contributed by atoms with Gasteiger partial charge in [-0.2, -0.15) is 8.78 Å². The van der Waals surface area contributed by atoms with Crippen molar-refractivity contribution in [3.63, 3.8) is 0 Å². The summed E-state index contributed by atoms with van der Waals surface area (Å²) in [6.45, 7) is -3.08. The molecule has 1 aliphatic carbocycles. The van der Waals surface area contributed by atoms with E-state index in [1.165, 1.54) is 11.6 Å². The van der Waals surface area contributed by atoms with E-state index < -0.39 is 16.6 Å². The molecule has 0 fully saturated rings. The van der Waals surface area contributed by atoms with Gasteiger partial charge in [-0.15, -0.1) is 0 Å². The zero-order chi connectivity index (χ0) is 17.9. The zero-order valence-electron chi connectivity index (χ0n) is 13.5. The van der Waals surface area contributed by atoms with Crippen molar-refractivity contribution in [2.75, 3.05) is 0 Å². The maximum Gasteiger partial charge on any atom is 0.387 e. The Hall–Kier alpha value is -1.99. The number of nitrogens with one attached hydrogen (secondary N) is 1. The average molecular weight is 367 g/mol. The van der Waals surface area contributed by atoms with Crippen molar-refractivity contribution in [1.29, 1.82) is 0 Å². The molecule has 0 atom stereocenters. The van der Waals surface area contributed by atoms with Crippen LogP contribution in [0.25, 0.3) is 0 Å². The largest absolute Gasteiger partial charge is 0.434 e. The first kappa shape index (κ1) is 17.8. The van der Waals surface area contributed by atoms with Crippen molar-refractivity contribution in [2.24, 2.45) is 0 Å². The Labute approximate surface area is 145 Å². The highest BCUT2D eigenvalue weighted by atomic mass is 32.2. The molecule has 7 heteroatoms. The SMILES string of the molecule is O=S(=O)(NCc1ccccc1OC(F)F)c1ccc2c(c1)CCCC2. The molecule has 0 saturated carbocycles. The minimum absolute atomic E-state index is 0.0364. The van der Waals surface area contributed by atoms with E-state index in [9.17, 15) is 17.2 Å². The summed E-state index contributed by atoms with van der Waals surface area (Å²) in [7, 11) is -3.73. The first-order chi connectivity index (χ1) is 12.0. The minimum atomic E-state index is -3.73. The van der Waals surface area contributed by atoms with Crippen molar-refractivity contribution in [3.8, 4) is 5.75 Å². The van der Waals surface area contributed by atoms with Crippen molar-refractivity contribution < 1.29 is 21.9 Å². The monoisotopic (exact) mass is 367 g/mol. The van der Waals surface area contributed by atoms with Gasteiger partial charge in [-0.05, 0) is 55.0 Å². The van der Waals surface area contributed by atoms with Gasteiger partial charge in [0.2, 0.25) is 10.0 Å². The van der Waals surface area contributed by atoms with E-state index >= 15 is 0 Å². The number of rotatable bonds is 6. The fourth-order valence-corrected chi connectivity index (χ4v) is 4.05. The Kier molecular flexibility index (Phi) is 5.34. The first-order valence-electron chi connectivity index (χ1n) is 8.10. The van der Waals surface area contributed by atoms with Crippen LogP contribution >= 0.6 is 0 Å². The highest BCUT2D eigenvalue weighted by molar-refractivity contribution is 7.89. The highest BCUT2D eigenvalue weighted by Crippen LogP contribution is 2.25. The number of fused-ring (bicyclic) bond motifs is 1. The van der Waals surface area contributed by atoms with E-state index in [1.54, 1.807) is 30.3 Å². The third-order valence-corrected chi connectivity index (χ3v) is 5.67. The van der Waals surface area contributed by atoms with Crippen LogP contribution in [0.3, 0.4) is 0 Å². The summed E-state index contributed by atoms with van der Waals surface area (Å²) in [5.74, 6) is -0.0364. The number of aryl methyl sites for hydroxylation is 2. The van der Waals surface area contributed by atoms with Crippen LogP contribution in [0.4, 0.5) is 8.78 Å². The van der Waals surface area contributed by atoms with E-state index in [0.29, 0.717) is 5.56 Å². The van der Waals surface area contributed by atoms with Crippen LogP contribution in [0.2, 0.25) is 0 Å². The van der Waals surface area contributed by atoms with Crippen LogP contribution in [-0.2, 0) is 29.4 Å². The molecule has 0 spiro atoms. The number of sulfonamides is 1. The molecule has 0 amide bonds. The fraction of sp³-hybridized carbons (Fsp3) is 0.333. The highest BCUT2D eigenvalue weighted by Gasteiger charge is 2.18. The molecule has 0 aliphatic heterocycles. The number of ether oxygens (including phenoxy) is 1. The second kappa shape index (κ2) is 7.49. The van der Waals surface area contributed by atoms with Gasteiger partial charge in [0.15, 0.2) is 0 Å². The molecule has 1 aliphatic rings. The van der Waals surface area contributed by atoms with Crippen LogP contribution in [-0.4, -0.2) is 15.0 Å². The molecule has 1 N–H and O–H groups in total. The van der Waals surface area contributed by atoms with Gasteiger partial charge in [0.1, 0.15) is 5.75 Å². The molecule has 3 rings (SSSR count). The summed E-state index contributed by atoms with van der Waals surface area (Å²) in [6.07, 6.45) is 4.03. The molecule has 2 aromatic carbocycles. The lowest BCUT2D eigenvalue weighted by molar-refractivity contribution is -0.0504. The second-order valence-corrected chi connectivity index (χ2v) is 7.72. The first-order valence-corrected chi connectivity index (χ1v) is 9.58. The summed E-state index contributed by atoms with van der Waals surface area (Å²) in [6, 6.07) is 11.3. The lowest BCUT2D eigenvalue weighted by atomic mass is 9.92. The van der Waals surface area contributed by atoms with Crippen LogP contribution in [0.15, 0.2) is 47.4 Å². The Balaban J connectivity index is 1.77. The Morgan fingerprint density at radius 3 is 2.52 bits per heavy atom. The van der Waals surface area contributed by atoms with Crippen LogP contribution in [0.5, 0.6) is 5.75 Å². The van der Waals surface area contributed by atoms with Gasteiger partial charge in [0.05, 0.1) is 4.90 Å². The third-order valence-electron chi connectivity index (χ3n) is 4.27. The third kappa shape index (κ3) is 4.35. The molecule has 0 aromatic heterocycles. The predicted molar refractivity (Wildman–Crippen MR) is 90.2 cm³/mol. The maximum atomic E-state index is 12.5. The van der Waals surface area contributed by atoms with Crippen molar-refractivity contribution >= 4 is 10.0 Å². The number of alkyl halides is 2. The van der Waals surface area contributed by atoms with Crippen LogP contribution < -0.4 is 9.46 Å². The molecule has 2 aromatic rings. The lowest BCUT2D eigenvalue weighted by Gasteiger charge is -2.17. The van der Waals surface area contributed by atoms with Gasteiger partial charge in [-0.3, -0.25) is 0 Å². The maximum absolute atomic E-state index is 12.5. The smallest absolute Gasteiger partial charge is 0.387 e. The number of benzene rings is 2. The van der Waals surface area contributed by atoms with Gasteiger partial charge in [-0.25, -0.2) is 13.1 Å². The van der Waals surface area contributed by atoms with E-state index in [2.05, 4.69) is 9.46 Å². The molecule has 134 valence electrons. The normalized spacial score (nSPS) is 14.4. The van der Waals surface area contributed by atoms with Crippen molar-refractivity contribution in [3.05, 3.63) is 59.2 Å². The Morgan fingerprint density at radius 1 is 1.04 bits per heavy atom. The van der Waals surface area contributed by atoms with Gasteiger partial charge < -0.3 is 4.74 Å². The van der Waals surface area contributed by atoms with Crippen molar-refractivity contribution in [1.82, 2.24) is 4.72 Å². The summed E-state index contributed by atoms with van der Waals surface area (Å²) >= 11 is 0. The second-order valence-electron chi connectivity index (χ2n) is 5.95. The molecule has 25 heavy (non-hydrogen) atoms. The molecule has 0 radical (unpaired) electrons. The Bertz CT molecular complexity index is 853. The summed E-state index contributed by atoms with van der Waals surface area (Å²) in [5, 5.41) is 0. The Morgan fingerprint density at radius 2 is 1.76 bits per heavy atom. The zero-order valence-corrected chi connectivity index (χ0v) is 14.4. The standard InChI is InChI=1S/C18H19F2NO3S/c19-18(20)24-17-8-4-3-7-15(17)12-21-25(22,23)16-10-9-13-5-1-2-6-14(13)11-16/h3-4,7-11,18,21H,1-2,5-6,12H2. The van der Waals surface area contributed by atoms with E-state index in [0.717, 1.165) is 31.2 Å². The molecular weight excluding hydrogens is 348 g/mol. The molecule has 0 unspecified atom stereocenters. The molecule has 0 saturated heterocycles. The predicted octanol–water partition coefficient (Wildman–Crippen LogP) is 3.65. The quantitative estimate of drug-likeness (QED) is 0.848. The fourth-order valence-electron chi connectivity index (χ4n) is 2.99. The van der Waals surface area contributed by atoms with E-state index in [4.69, 9.17) is 0 Å². The van der Waals surface area contributed by atoms with Gasteiger partial charge in [0, 0.05) is 12.1 Å². The molecule has 0 bridgehead atoms. The average Bonchev–Trinajstić information content (AvgIpc) is 2.60. The lowest BCUT2D eigenvalue weighted by Crippen LogP contribution is -2.24. The number of hydrogen-bond acceptors (Lipinski definition) is 3. The molecular formula is C18H19F2NO3S. The summed E-state index contributed by atoms with van der Waals surface area (Å²) in [5.41, 5.74) is 2.61. The van der Waals surface area contributed by atoms with Gasteiger partial charge >= 0.3 is 6.61 Å². The van der Waals surface area contributed by atoms with E-state index in [-0.39, 0.29) is 17.2 Å². The molecule has 4 nitrogen and oxygen atoms in total. The van der Waals surface area contributed by atoms with Crippen LogP contribution in [0.1, 0.15) is 29.5 Å². The number of halogens is 2. The van der Waals surface area contributed by atoms with Crippen molar-refractivity contribution in [2.45, 2.75) is 43.7 Å². The topological polar surface area (TPSA) is 55.4 Å². The summed E-state index contributed by atoms with van der Waals surface area (Å²) < 4.78 is 56.8.